The van der Waals surface area contributed by atoms with Gasteiger partial charge in [0, 0.05) is 32.6 Å². The zero-order valence-corrected chi connectivity index (χ0v) is 14.6. The average molecular weight is 337 g/mol. The highest BCUT2D eigenvalue weighted by atomic mass is 16.7. The first-order valence-electron chi connectivity index (χ1n) is 8.62. The van der Waals surface area contributed by atoms with E-state index in [4.69, 9.17) is 9.47 Å². The number of benzene rings is 2. The Balaban J connectivity index is 1.37. The summed E-state index contributed by atoms with van der Waals surface area (Å²) in [5.74, 6) is 3.13. The van der Waals surface area contributed by atoms with Crippen LogP contribution in [0.25, 0.3) is 0 Å². The molecule has 1 heterocycles. The number of ether oxygens (including phenoxy) is 2. The van der Waals surface area contributed by atoms with Gasteiger partial charge in [-0.2, -0.15) is 0 Å². The molecule has 2 atom stereocenters. The molecule has 2 aromatic rings. The number of fused-ring (bicyclic) bond motifs is 1. The standard InChI is InChI=1S/C20H23N3O2/c1-21-20(22-17-11-16(17)15-6-4-3-5-7-15)23(2)12-14-8-9-18-19(10-14)25-13-24-18/h3-10,16-17H,11-13H2,1-2H3,(H,21,22). The van der Waals surface area contributed by atoms with Crippen LogP contribution in [0, 0.1) is 0 Å². The largest absolute Gasteiger partial charge is 0.454 e. The summed E-state index contributed by atoms with van der Waals surface area (Å²) in [6.07, 6.45) is 1.15. The predicted molar refractivity (Wildman–Crippen MR) is 98.1 cm³/mol. The number of hydrogen-bond acceptors (Lipinski definition) is 3. The van der Waals surface area contributed by atoms with E-state index in [1.165, 1.54) is 11.1 Å². The molecule has 0 amide bonds. The Kier molecular flexibility index (Phi) is 4.22. The van der Waals surface area contributed by atoms with Crippen LogP contribution in [-0.2, 0) is 6.54 Å². The van der Waals surface area contributed by atoms with Gasteiger partial charge in [0.25, 0.3) is 0 Å². The Labute approximate surface area is 148 Å². The summed E-state index contributed by atoms with van der Waals surface area (Å²) in [5.41, 5.74) is 2.57. The first kappa shape index (κ1) is 15.8. The van der Waals surface area contributed by atoms with E-state index in [1.807, 2.05) is 19.2 Å². The summed E-state index contributed by atoms with van der Waals surface area (Å²) in [4.78, 5) is 6.58. The number of aliphatic imine (C=N–C) groups is 1. The maximum Gasteiger partial charge on any atom is 0.231 e. The second kappa shape index (κ2) is 6.67. The van der Waals surface area contributed by atoms with Gasteiger partial charge in [-0.1, -0.05) is 36.4 Å². The van der Waals surface area contributed by atoms with Gasteiger partial charge >= 0.3 is 0 Å². The van der Waals surface area contributed by atoms with Crippen LogP contribution < -0.4 is 14.8 Å². The molecular weight excluding hydrogens is 314 g/mol. The molecule has 2 aliphatic rings. The van der Waals surface area contributed by atoms with Gasteiger partial charge in [0.1, 0.15) is 0 Å². The van der Waals surface area contributed by atoms with E-state index in [0.717, 1.165) is 30.4 Å². The molecule has 0 aromatic heterocycles. The third-order valence-corrected chi connectivity index (χ3v) is 4.76. The summed E-state index contributed by atoms with van der Waals surface area (Å²) in [6, 6.07) is 17.2. The van der Waals surface area contributed by atoms with Crippen LogP contribution in [0.2, 0.25) is 0 Å². The van der Waals surface area contributed by atoms with Crippen LogP contribution in [0.3, 0.4) is 0 Å². The lowest BCUT2D eigenvalue weighted by atomic mass is 10.1. The second-order valence-corrected chi connectivity index (χ2v) is 6.59. The highest BCUT2D eigenvalue weighted by Gasteiger charge is 2.39. The Morgan fingerprint density at radius 2 is 1.96 bits per heavy atom. The molecule has 4 rings (SSSR count). The van der Waals surface area contributed by atoms with Crippen LogP contribution in [-0.4, -0.2) is 37.8 Å². The summed E-state index contributed by atoms with van der Waals surface area (Å²) in [7, 11) is 3.89. The van der Waals surface area contributed by atoms with Gasteiger partial charge in [0.05, 0.1) is 0 Å². The molecule has 1 N–H and O–H groups in total. The van der Waals surface area contributed by atoms with Gasteiger partial charge in [0.15, 0.2) is 17.5 Å². The summed E-state index contributed by atoms with van der Waals surface area (Å²) >= 11 is 0. The van der Waals surface area contributed by atoms with E-state index in [-0.39, 0.29) is 0 Å². The van der Waals surface area contributed by atoms with Crippen molar-refractivity contribution in [3.8, 4) is 11.5 Å². The van der Waals surface area contributed by atoms with Crippen molar-refractivity contribution < 1.29 is 9.47 Å². The van der Waals surface area contributed by atoms with Crippen LogP contribution in [0.4, 0.5) is 0 Å². The number of guanidine groups is 1. The molecular formula is C20H23N3O2. The Morgan fingerprint density at radius 1 is 1.16 bits per heavy atom. The minimum atomic E-state index is 0.306. The zero-order valence-electron chi connectivity index (χ0n) is 14.6. The van der Waals surface area contributed by atoms with Gasteiger partial charge < -0.3 is 19.7 Å². The lowest BCUT2D eigenvalue weighted by molar-refractivity contribution is 0.174. The molecule has 1 saturated carbocycles. The number of nitrogens with zero attached hydrogens (tertiary/aromatic N) is 2. The van der Waals surface area contributed by atoms with Crippen molar-refractivity contribution in [3.05, 3.63) is 59.7 Å². The molecule has 0 bridgehead atoms. The molecule has 5 heteroatoms. The van der Waals surface area contributed by atoms with Crippen molar-refractivity contribution in [1.82, 2.24) is 10.2 Å². The molecule has 0 spiro atoms. The van der Waals surface area contributed by atoms with Crippen LogP contribution in [0.15, 0.2) is 53.5 Å². The molecule has 130 valence electrons. The third-order valence-electron chi connectivity index (χ3n) is 4.76. The van der Waals surface area contributed by atoms with Gasteiger partial charge in [-0.25, -0.2) is 0 Å². The molecule has 1 aliphatic heterocycles. The van der Waals surface area contributed by atoms with Crippen molar-refractivity contribution in [2.45, 2.75) is 24.9 Å². The monoisotopic (exact) mass is 337 g/mol. The fraction of sp³-hybridized carbons (Fsp3) is 0.350. The van der Waals surface area contributed by atoms with E-state index in [0.29, 0.717) is 18.8 Å². The smallest absolute Gasteiger partial charge is 0.231 e. The average Bonchev–Trinajstić information content (AvgIpc) is 3.26. The lowest BCUT2D eigenvalue weighted by Gasteiger charge is -2.22. The predicted octanol–water partition coefficient (Wildman–Crippen LogP) is 2.98. The van der Waals surface area contributed by atoms with Gasteiger partial charge in [-0.15, -0.1) is 0 Å². The normalized spacial score (nSPS) is 21.1. The first-order valence-corrected chi connectivity index (χ1v) is 8.62. The van der Waals surface area contributed by atoms with E-state index in [1.54, 1.807) is 0 Å². The molecule has 0 saturated heterocycles. The van der Waals surface area contributed by atoms with Crippen LogP contribution in [0.1, 0.15) is 23.5 Å². The summed E-state index contributed by atoms with van der Waals surface area (Å²) < 4.78 is 10.8. The van der Waals surface area contributed by atoms with Crippen molar-refractivity contribution in [1.29, 1.82) is 0 Å². The molecule has 2 unspecified atom stereocenters. The van der Waals surface area contributed by atoms with E-state index < -0.39 is 0 Å². The lowest BCUT2D eigenvalue weighted by Crippen LogP contribution is -2.40. The Bertz CT molecular complexity index is 776. The first-order chi connectivity index (χ1) is 12.2. The number of nitrogens with one attached hydrogen (secondary N) is 1. The zero-order chi connectivity index (χ0) is 17.2. The van der Waals surface area contributed by atoms with Gasteiger partial charge in [-0.05, 0) is 29.7 Å². The summed E-state index contributed by atoms with van der Waals surface area (Å²) in [5, 5.41) is 3.58. The quantitative estimate of drug-likeness (QED) is 0.688. The third kappa shape index (κ3) is 3.40. The maximum absolute atomic E-state index is 5.46. The maximum atomic E-state index is 5.46. The minimum absolute atomic E-state index is 0.306. The highest BCUT2D eigenvalue weighted by molar-refractivity contribution is 5.80. The highest BCUT2D eigenvalue weighted by Crippen LogP contribution is 2.40. The molecule has 2 aromatic carbocycles. The van der Waals surface area contributed by atoms with Gasteiger partial charge in [0.2, 0.25) is 6.79 Å². The topological polar surface area (TPSA) is 46.1 Å². The van der Waals surface area contributed by atoms with Crippen LogP contribution in [0.5, 0.6) is 11.5 Å². The minimum Gasteiger partial charge on any atom is -0.454 e. The number of hydrogen-bond donors (Lipinski definition) is 1. The molecule has 25 heavy (non-hydrogen) atoms. The fourth-order valence-corrected chi connectivity index (χ4v) is 3.32. The van der Waals surface area contributed by atoms with Gasteiger partial charge in [-0.3, -0.25) is 4.99 Å². The molecule has 1 aliphatic carbocycles. The van der Waals surface area contributed by atoms with E-state index >= 15 is 0 Å². The van der Waals surface area contributed by atoms with Crippen molar-refractivity contribution in [2.24, 2.45) is 4.99 Å². The molecule has 5 nitrogen and oxygen atoms in total. The Hall–Kier alpha value is -2.69. The molecule has 0 radical (unpaired) electrons. The molecule has 1 fully saturated rings. The summed E-state index contributed by atoms with van der Waals surface area (Å²) in [6.45, 7) is 1.07. The van der Waals surface area contributed by atoms with E-state index in [2.05, 4.69) is 58.7 Å². The fourth-order valence-electron chi connectivity index (χ4n) is 3.32. The number of rotatable bonds is 4. The van der Waals surface area contributed by atoms with Crippen LogP contribution >= 0.6 is 0 Å². The second-order valence-electron chi connectivity index (χ2n) is 6.59. The van der Waals surface area contributed by atoms with Crippen molar-refractivity contribution in [3.63, 3.8) is 0 Å². The van der Waals surface area contributed by atoms with E-state index in [9.17, 15) is 0 Å². The van der Waals surface area contributed by atoms with Crippen molar-refractivity contribution in [2.75, 3.05) is 20.9 Å². The van der Waals surface area contributed by atoms with Crippen molar-refractivity contribution >= 4 is 5.96 Å². The SMILES string of the molecule is CN=C(NC1CC1c1ccccc1)N(C)Cc1ccc2c(c1)OCO2. The Morgan fingerprint density at radius 3 is 2.76 bits per heavy atom.